The van der Waals surface area contributed by atoms with Crippen LogP contribution in [0.2, 0.25) is 0 Å². The average Bonchev–Trinajstić information content (AvgIpc) is 3.84. The largest absolute Gasteiger partial charge is 0.478 e. The second-order valence-electron chi connectivity index (χ2n) is 13.8. The summed E-state index contributed by atoms with van der Waals surface area (Å²) < 4.78 is 2.43. The van der Waals surface area contributed by atoms with E-state index in [0.717, 1.165) is 61.7 Å². The Labute approximate surface area is 280 Å². The molecule has 244 valence electrons. The molecule has 0 radical (unpaired) electrons. The Kier molecular flexibility index (Phi) is 7.95. The molecule has 1 aliphatic heterocycles. The molecule has 8 rings (SSSR count). The summed E-state index contributed by atoms with van der Waals surface area (Å²) in [4.78, 5) is 30.1. The molecule has 0 unspecified atom stereocenters. The van der Waals surface area contributed by atoms with Crippen molar-refractivity contribution < 1.29 is 14.7 Å². The number of amides is 1. The summed E-state index contributed by atoms with van der Waals surface area (Å²) in [5, 5.41) is 21.5. The van der Waals surface area contributed by atoms with E-state index in [1.54, 1.807) is 6.08 Å². The molecule has 0 spiro atoms. The number of aromatic amines is 1. The lowest BCUT2D eigenvalue weighted by molar-refractivity contribution is -0.131. The fraction of sp³-hybridized carbons (Fsp3) is 0.350. The maximum atomic E-state index is 14.2. The van der Waals surface area contributed by atoms with Crippen LogP contribution in [0.5, 0.6) is 0 Å². The monoisotopic (exact) mass is 639 g/mol. The molecule has 2 aromatic heterocycles. The van der Waals surface area contributed by atoms with Gasteiger partial charge in [0, 0.05) is 40.2 Å². The Morgan fingerprint density at radius 3 is 2.71 bits per heavy atom. The molecule has 0 bridgehead atoms. The quantitative estimate of drug-likeness (QED) is 0.176. The minimum atomic E-state index is -0.966. The van der Waals surface area contributed by atoms with Crippen LogP contribution >= 0.6 is 0 Å². The zero-order valence-electron chi connectivity index (χ0n) is 27.2. The van der Waals surface area contributed by atoms with Crippen LogP contribution in [0.15, 0.2) is 78.4 Å². The summed E-state index contributed by atoms with van der Waals surface area (Å²) in [5.41, 5.74) is 8.19. The van der Waals surface area contributed by atoms with Crippen molar-refractivity contribution in [1.29, 1.82) is 0 Å². The molecule has 48 heavy (non-hydrogen) atoms. The maximum Gasteiger partial charge on any atom is 0.328 e. The number of fused-ring (bicyclic) bond motifs is 5. The number of hydrogen-bond acceptors (Lipinski definition) is 4. The van der Waals surface area contributed by atoms with Crippen LogP contribution in [-0.2, 0) is 16.9 Å². The van der Waals surface area contributed by atoms with Crippen molar-refractivity contribution in [2.75, 3.05) is 0 Å². The van der Waals surface area contributed by atoms with E-state index >= 15 is 0 Å². The Morgan fingerprint density at radius 1 is 1.04 bits per heavy atom. The second-order valence-corrected chi connectivity index (χ2v) is 13.8. The molecule has 0 saturated heterocycles. The van der Waals surface area contributed by atoms with E-state index in [1.165, 1.54) is 66.0 Å². The van der Waals surface area contributed by atoms with Crippen molar-refractivity contribution in [3.05, 3.63) is 107 Å². The minimum Gasteiger partial charge on any atom is -0.478 e. The number of allylic oxidation sites excluding steroid dienone is 6. The number of rotatable bonds is 7. The molecule has 3 heterocycles. The van der Waals surface area contributed by atoms with E-state index in [-0.39, 0.29) is 5.91 Å². The van der Waals surface area contributed by atoms with Crippen LogP contribution in [0.25, 0.3) is 33.8 Å². The second kappa shape index (κ2) is 12.6. The number of hydrogen-bond donors (Lipinski definition) is 3. The number of aliphatic carboxylic acids is 1. The number of carbonyl (C=O) groups is 2. The first-order valence-electron chi connectivity index (χ1n) is 17.5. The van der Waals surface area contributed by atoms with Gasteiger partial charge in [0.05, 0.1) is 5.69 Å². The topological polar surface area (TPSA) is 113 Å². The molecule has 3 N–H and O–H groups in total. The SMILES string of the molecule is O=C(O)/C=C/C1=CC(c2nc(C3(NC(=O)c4ccc5c(C6CCCCC6)c6n(c5c4)CC=Cc4ccccc4-6)CCCC3)n[nH]2)=CCC1. The molecule has 1 amide bonds. The van der Waals surface area contributed by atoms with Crippen molar-refractivity contribution >= 4 is 34.4 Å². The lowest BCUT2D eigenvalue weighted by Gasteiger charge is -2.27. The number of nitrogens with one attached hydrogen (secondary N) is 2. The first-order chi connectivity index (χ1) is 23.5. The summed E-state index contributed by atoms with van der Waals surface area (Å²) in [6, 6.07) is 15.0. The van der Waals surface area contributed by atoms with Gasteiger partial charge in [-0.3, -0.25) is 9.89 Å². The third-order valence-corrected chi connectivity index (χ3v) is 10.8. The van der Waals surface area contributed by atoms with E-state index < -0.39 is 11.5 Å². The number of benzene rings is 2. The number of aromatic nitrogens is 4. The van der Waals surface area contributed by atoms with E-state index in [9.17, 15) is 9.59 Å². The van der Waals surface area contributed by atoms with Gasteiger partial charge in [-0.15, -0.1) is 0 Å². The van der Waals surface area contributed by atoms with Crippen molar-refractivity contribution in [2.24, 2.45) is 0 Å². The Hall–Kier alpha value is -4.98. The molecule has 2 aromatic carbocycles. The molecule has 4 aromatic rings. The third kappa shape index (κ3) is 5.53. The van der Waals surface area contributed by atoms with Gasteiger partial charge in [-0.25, -0.2) is 9.78 Å². The Morgan fingerprint density at radius 2 is 1.88 bits per heavy atom. The van der Waals surface area contributed by atoms with E-state index in [0.29, 0.717) is 23.1 Å². The van der Waals surface area contributed by atoms with Gasteiger partial charge in [0.15, 0.2) is 11.6 Å². The van der Waals surface area contributed by atoms with Crippen molar-refractivity contribution in [3.8, 4) is 11.3 Å². The highest BCUT2D eigenvalue weighted by atomic mass is 16.4. The van der Waals surface area contributed by atoms with Gasteiger partial charge in [-0.2, -0.15) is 5.10 Å². The normalized spacial score (nSPS) is 19.1. The predicted molar refractivity (Wildman–Crippen MR) is 188 cm³/mol. The Balaban J connectivity index is 1.13. The molecular weight excluding hydrogens is 598 g/mol. The van der Waals surface area contributed by atoms with Gasteiger partial charge < -0.3 is 15.0 Å². The predicted octanol–water partition coefficient (Wildman–Crippen LogP) is 8.44. The van der Waals surface area contributed by atoms with Crippen LogP contribution in [0.4, 0.5) is 0 Å². The molecule has 2 saturated carbocycles. The van der Waals surface area contributed by atoms with E-state index in [2.05, 4.69) is 74.7 Å². The number of nitrogens with zero attached hydrogens (tertiary/aromatic N) is 3. The highest BCUT2D eigenvalue weighted by molar-refractivity contribution is 6.01. The number of H-pyrrole nitrogens is 1. The van der Waals surface area contributed by atoms with Crippen molar-refractivity contribution in [2.45, 2.75) is 88.6 Å². The lowest BCUT2D eigenvalue weighted by atomic mass is 9.81. The zero-order valence-corrected chi connectivity index (χ0v) is 27.2. The summed E-state index contributed by atoms with van der Waals surface area (Å²) >= 11 is 0. The van der Waals surface area contributed by atoms with E-state index in [1.807, 2.05) is 12.1 Å². The number of carboxylic acids is 1. The fourth-order valence-corrected chi connectivity index (χ4v) is 8.42. The van der Waals surface area contributed by atoms with Gasteiger partial charge in [0.25, 0.3) is 5.91 Å². The van der Waals surface area contributed by atoms with Crippen molar-refractivity contribution in [3.63, 3.8) is 0 Å². The smallest absolute Gasteiger partial charge is 0.328 e. The van der Waals surface area contributed by atoms with Crippen LogP contribution in [0.1, 0.15) is 110 Å². The number of carbonyl (C=O) groups excluding carboxylic acids is 1. The maximum absolute atomic E-state index is 14.2. The summed E-state index contributed by atoms with van der Waals surface area (Å²) in [6.45, 7) is 0.764. The van der Waals surface area contributed by atoms with Gasteiger partial charge in [0.1, 0.15) is 5.54 Å². The first kappa shape index (κ1) is 30.4. The lowest BCUT2D eigenvalue weighted by Crippen LogP contribution is -2.44. The standard InChI is InChI=1S/C40H41N5O3/c46-34(47)20-17-26-10-8-14-29(24-26)37-41-39(44-43-37)40(21-6-7-22-40)42-38(48)30-18-19-32-33(25-30)45-23-9-15-27-11-4-5-16-31(27)36(45)35(32)28-12-2-1-3-13-28/h4-5,9,11,14-20,24-25,28H,1-3,6-8,10,12-13,21-23H2,(H,42,48)(H,46,47)(H,41,43,44)/b20-17+. The van der Waals surface area contributed by atoms with Gasteiger partial charge in [0.2, 0.25) is 0 Å². The molecule has 0 atom stereocenters. The molecule has 8 heteroatoms. The third-order valence-electron chi connectivity index (χ3n) is 10.8. The Bertz CT molecular complexity index is 2030. The van der Waals surface area contributed by atoms with Crippen molar-refractivity contribution in [1.82, 2.24) is 25.1 Å². The fourth-order valence-electron chi connectivity index (χ4n) is 8.42. The highest BCUT2D eigenvalue weighted by Crippen LogP contribution is 2.46. The molecule has 4 aliphatic rings. The molecule has 3 aliphatic carbocycles. The first-order valence-corrected chi connectivity index (χ1v) is 17.5. The average molecular weight is 640 g/mol. The molecule has 8 nitrogen and oxygen atoms in total. The minimum absolute atomic E-state index is 0.109. The zero-order chi connectivity index (χ0) is 32.7. The van der Waals surface area contributed by atoms with Gasteiger partial charge in [-0.05, 0) is 79.4 Å². The van der Waals surface area contributed by atoms with Crippen LogP contribution in [0, 0.1) is 0 Å². The number of carboxylic acid groups (broad SMARTS) is 1. The highest BCUT2D eigenvalue weighted by Gasteiger charge is 2.41. The molecular formula is C40H41N5O3. The van der Waals surface area contributed by atoms with Crippen LogP contribution in [-0.4, -0.2) is 36.7 Å². The summed E-state index contributed by atoms with van der Waals surface area (Å²) in [7, 11) is 0. The summed E-state index contributed by atoms with van der Waals surface area (Å²) in [5.74, 6) is 0.675. The summed E-state index contributed by atoms with van der Waals surface area (Å²) in [6.07, 6.45) is 22.6. The van der Waals surface area contributed by atoms with Gasteiger partial charge >= 0.3 is 5.97 Å². The van der Waals surface area contributed by atoms with E-state index in [4.69, 9.17) is 10.1 Å². The van der Waals surface area contributed by atoms with Crippen LogP contribution < -0.4 is 5.32 Å². The van der Waals surface area contributed by atoms with Crippen LogP contribution in [0.3, 0.4) is 0 Å². The molecule has 2 fully saturated rings. The van der Waals surface area contributed by atoms with Gasteiger partial charge in [-0.1, -0.05) is 86.7 Å².